The number of likely N-dealkylation sites (N-methyl/N-ethyl adjacent to an activating group) is 1. The van der Waals surface area contributed by atoms with Crippen LogP contribution in [0.3, 0.4) is 0 Å². The van der Waals surface area contributed by atoms with Gasteiger partial charge in [-0.1, -0.05) is 0 Å². The van der Waals surface area contributed by atoms with Crippen molar-refractivity contribution in [2.45, 2.75) is 13.3 Å². The molecule has 0 amide bonds. The average molecular weight is 227 g/mol. The van der Waals surface area contributed by atoms with E-state index in [2.05, 4.69) is 40.1 Å². The lowest BCUT2D eigenvalue weighted by atomic mass is 10.2. The monoisotopic (exact) mass is 227 g/mol. The maximum absolute atomic E-state index is 4.21. The molecule has 0 aliphatic heterocycles. The third kappa shape index (κ3) is 3.28. The number of aryl methyl sites for hydroxylation is 1. The van der Waals surface area contributed by atoms with Gasteiger partial charge in [0.25, 0.3) is 0 Å². The molecule has 0 spiro atoms. The summed E-state index contributed by atoms with van der Waals surface area (Å²) >= 11 is 0. The van der Waals surface area contributed by atoms with Crippen molar-refractivity contribution in [3.8, 4) is 0 Å². The van der Waals surface area contributed by atoms with Crippen molar-refractivity contribution in [1.29, 1.82) is 0 Å². The standard InChI is InChI=1S/C14H17N3/c1-12-11-14(5-9-16-12)17(2)10-6-13-3-7-15-8-4-13/h3-5,7-9,11H,6,10H2,1-2H3. The maximum Gasteiger partial charge on any atom is 0.0397 e. The van der Waals surface area contributed by atoms with Crippen LogP contribution in [0.2, 0.25) is 0 Å². The lowest BCUT2D eigenvalue weighted by Gasteiger charge is -2.19. The zero-order valence-corrected chi connectivity index (χ0v) is 10.3. The number of aromatic nitrogens is 2. The minimum atomic E-state index is 0.994. The fourth-order valence-corrected chi connectivity index (χ4v) is 1.74. The van der Waals surface area contributed by atoms with Gasteiger partial charge < -0.3 is 4.90 Å². The summed E-state index contributed by atoms with van der Waals surface area (Å²) in [5.74, 6) is 0. The average Bonchev–Trinajstić information content (AvgIpc) is 2.37. The molecule has 0 unspecified atom stereocenters. The minimum Gasteiger partial charge on any atom is -0.374 e. The Labute approximate surface area is 102 Å². The first-order valence-electron chi connectivity index (χ1n) is 5.78. The second-order valence-electron chi connectivity index (χ2n) is 4.18. The first-order chi connectivity index (χ1) is 8.25. The van der Waals surface area contributed by atoms with Crippen LogP contribution in [0.4, 0.5) is 5.69 Å². The Bertz CT molecular complexity index is 468. The summed E-state index contributed by atoms with van der Waals surface area (Å²) in [7, 11) is 2.11. The van der Waals surface area contributed by atoms with Crippen molar-refractivity contribution in [3.63, 3.8) is 0 Å². The Morgan fingerprint density at radius 3 is 2.59 bits per heavy atom. The van der Waals surface area contributed by atoms with Gasteiger partial charge in [0, 0.05) is 43.6 Å². The van der Waals surface area contributed by atoms with Crippen LogP contribution in [-0.4, -0.2) is 23.6 Å². The molecule has 2 aromatic heterocycles. The highest BCUT2D eigenvalue weighted by Crippen LogP contribution is 2.12. The number of rotatable bonds is 4. The second kappa shape index (κ2) is 5.43. The van der Waals surface area contributed by atoms with Gasteiger partial charge in [-0.25, -0.2) is 0 Å². The van der Waals surface area contributed by atoms with Crippen molar-refractivity contribution in [3.05, 3.63) is 54.1 Å². The van der Waals surface area contributed by atoms with E-state index < -0.39 is 0 Å². The third-order valence-corrected chi connectivity index (χ3v) is 2.81. The maximum atomic E-state index is 4.21. The summed E-state index contributed by atoms with van der Waals surface area (Å²) in [6, 6.07) is 8.27. The van der Waals surface area contributed by atoms with E-state index >= 15 is 0 Å². The molecule has 0 aliphatic rings. The molecule has 88 valence electrons. The zero-order valence-electron chi connectivity index (χ0n) is 10.3. The van der Waals surface area contributed by atoms with Crippen molar-refractivity contribution in [2.24, 2.45) is 0 Å². The molecule has 0 radical (unpaired) electrons. The number of pyridine rings is 2. The van der Waals surface area contributed by atoms with Crippen LogP contribution in [0, 0.1) is 6.92 Å². The predicted octanol–water partition coefficient (Wildman–Crippen LogP) is 2.46. The highest BCUT2D eigenvalue weighted by molar-refractivity contribution is 5.45. The summed E-state index contributed by atoms with van der Waals surface area (Å²) in [6.45, 7) is 3.01. The number of hydrogen-bond donors (Lipinski definition) is 0. The van der Waals surface area contributed by atoms with Crippen LogP contribution in [0.5, 0.6) is 0 Å². The van der Waals surface area contributed by atoms with Gasteiger partial charge in [0.15, 0.2) is 0 Å². The third-order valence-electron chi connectivity index (χ3n) is 2.81. The molecule has 0 saturated heterocycles. The molecule has 17 heavy (non-hydrogen) atoms. The van der Waals surface area contributed by atoms with Crippen LogP contribution in [-0.2, 0) is 6.42 Å². The van der Waals surface area contributed by atoms with Crippen molar-refractivity contribution < 1.29 is 0 Å². The largest absolute Gasteiger partial charge is 0.374 e. The van der Waals surface area contributed by atoms with E-state index in [1.54, 1.807) is 0 Å². The summed E-state index contributed by atoms with van der Waals surface area (Å²) in [4.78, 5) is 10.5. The predicted molar refractivity (Wildman–Crippen MR) is 70.2 cm³/mol. The molecule has 0 saturated carbocycles. The van der Waals surface area contributed by atoms with Crippen LogP contribution in [0.1, 0.15) is 11.3 Å². The molecule has 3 nitrogen and oxygen atoms in total. The summed E-state index contributed by atoms with van der Waals surface area (Å²) < 4.78 is 0. The normalized spacial score (nSPS) is 10.2. The summed E-state index contributed by atoms with van der Waals surface area (Å²) in [5, 5.41) is 0. The first kappa shape index (κ1) is 11.6. The van der Waals surface area contributed by atoms with Gasteiger partial charge in [0.05, 0.1) is 0 Å². The van der Waals surface area contributed by atoms with Crippen LogP contribution in [0.25, 0.3) is 0 Å². The molecule has 0 aromatic carbocycles. The number of anilines is 1. The zero-order chi connectivity index (χ0) is 12.1. The minimum absolute atomic E-state index is 0.994. The van der Waals surface area contributed by atoms with Crippen LogP contribution < -0.4 is 4.90 Å². The van der Waals surface area contributed by atoms with E-state index in [-0.39, 0.29) is 0 Å². The Balaban J connectivity index is 1.96. The number of hydrogen-bond acceptors (Lipinski definition) is 3. The lowest BCUT2D eigenvalue weighted by Crippen LogP contribution is -2.20. The molecule has 0 aliphatic carbocycles. The summed E-state index contributed by atoms with van der Waals surface area (Å²) in [5.41, 5.74) is 3.59. The first-order valence-corrected chi connectivity index (χ1v) is 5.78. The molecule has 2 aromatic rings. The Morgan fingerprint density at radius 1 is 1.12 bits per heavy atom. The van der Waals surface area contributed by atoms with E-state index in [0.29, 0.717) is 0 Å². The van der Waals surface area contributed by atoms with Gasteiger partial charge >= 0.3 is 0 Å². The lowest BCUT2D eigenvalue weighted by molar-refractivity contribution is 0.872. The van der Waals surface area contributed by atoms with E-state index in [1.807, 2.05) is 31.6 Å². The molecule has 2 rings (SSSR count). The van der Waals surface area contributed by atoms with Crippen molar-refractivity contribution >= 4 is 5.69 Å². The highest BCUT2D eigenvalue weighted by Gasteiger charge is 2.01. The fourth-order valence-electron chi connectivity index (χ4n) is 1.74. The van der Waals surface area contributed by atoms with Gasteiger partial charge in [-0.2, -0.15) is 0 Å². The van der Waals surface area contributed by atoms with Crippen LogP contribution in [0.15, 0.2) is 42.9 Å². The molecule has 0 atom stereocenters. The van der Waals surface area contributed by atoms with E-state index in [4.69, 9.17) is 0 Å². The van der Waals surface area contributed by atoms with Crippen molar-refractivity contribution in [2.75, 3.05) is 18.5 Å². The van der Waals surface area contributed by atoms with Gasteiger partial charge in [0.2, 0.25) is 0 Å². The van der Waals surface area contributed by atoms with E-state index in [1.165, 1.54) is 11.3 Å². The Kier molecular flexibility index (Phi) is 3.70. The van der Waals surface area contributed by atoms with Crippen LogP contribution >= 0.6 is 0 Å². The molecule has 0 fully saturated rings. The van der Waals surface area contributed by atoms with E-state index in [9.17, 15) is 0 Å². The molecular weight excluding hydrogens is 210 g/mol. The second-order valence-corrected chi connectivity index (χ2v) is 4.18. The molecule has 2 heterocycles. The van der Waals surface area contributed by atoms with Gasteiger partial charge in [0.1, 0.15) is 0 Å². The number of nitrogens with zero attached hydrogens (tertiary/aromatic N) is 3. The molecular formula is C14H17N3. The van der Waals surface area contributed by atoms with Crippen molar-refractivity contribution in [1.82, 2.24) is 9.97 Å². The molecule has 3 heteroatoms. The van der Waals surface area contributed by atoms with Gasteiger partial charge in [-0.05, 0) is 43.2 Å². The smallest absolute Gasteiger partial charge is 0.0397 e. The fraction of sp³-hybridized carbons (Fsp3) is 0.286. The Hall–Kier alpha value is -1.90. The SMILES string of the molecule is Cc1cc(N(C)CCc2ccncc2)ccn1. The quantitative estimate of drug-likeness (QED) is 0.803. The molecule has 0 bridgehead atoms. The van der Waals surface area contributed by atoms with Gasteiger partial charge in [-0.3, -0.25) is 9.97 Å². The molecule has 0 N–H and O–H groups in total. The topological polar surface area (TPSA) is 29.0 Å². The highest BCUT2D eigenvalue weighted by atomic mass is 15.1. The summed E-state index contributed by atoms with van der Waals surface area (Å²) in [6.07, 6.45) is 6.56. The van der Waals surface area contributed by atoms with Gasteiger partial charge in [-0.15, -0.1) is 0 Å². The Morgan fingerprint density at radius 2 is 1.88 bits per heavy atom. The van der Waals surface area contributed by atoms with E-state index in [0.717, 1.165) is 18.7 Å².